The zero-order chi connectivity index (χ0) is 20.9. The van der Waals surface area contributed by atoms with Gasteiger partial charge in [0.2, 0.25) is 0 Å². The molecule has 0 radical (unpaired) electrons. The first-order valence-corrected chi connectivity index (χ1v) is 11.3. The molecule has 0 fully saturated rings. The van der Waals surface area contributed by atoms with E-state index in [1.807, 2.05) is 13.0 Å². The maximum absolute atomic E-state index is 11.4. The average Bonchev–Trinajstić information content (AvgIpc) is 3.20. The van der Waals surface area contributed by atoms with Crippen molar-refractivity contribution in [3.05, 3.63) is 69.1 Å². The van der Waals surface area contributed by atoms with Crippen LogP contribution in [0.15, 0.2) is 36.0 Å². The van der Waals surface area contributed by atoms with Crippen molar-refractivity contribution in [2.24, 2.45) is 0 Å². The van der Waals surface area contributed by atoms with E-state index < -0.39 is 5.97 Å². The molecule has 0 unspecified atom stereocenters. The molecular formula is C23H26N4O2S. The van der Waals surface area contributed by atoms with Crippen molar-refractivity contribution in [3.8, 4) is 0 Å². The van der Waals surface area contributed by atoms with Crippen LogP contribution in [0.3, 0.4) is 0 Å². The standard InChI is InChI=1S/C23H26N4O2S/c1-15-10-17(13-24-12-15)20(11-21(28)29)23-27-19(14-30-23)6-2-5-18-8-7-16-4-3-9-25-22(16)26-18/h7-8,10,12-14,20H,2-6,9,11H2,1H3,(H,25,26)(H,28,29)/t20-/m0/s1. The molecule has 3 aromatic rings. The normalized spacial score (nSPS) is 14.0. The average molecular weight is 423 g/mol. The molecule has 0 amide bonds. The molecule has 0 aromatic carbocycles. The minimum Gasteiger partial charge on any atom is -0.481 e. The maximum Gasteiger partial charge on any atom is 0.304 e. The highest BCUT2D eigenvalue weighted by molar-refractivity contribution is 7.09. The summed E-state index contributed by atoms with van der Waals surface area (Å²) in [4.78, 5) is 25.2. The number of rotatable bonds is 8. The van der Waals surface area contributed by atoms with Gasteiger partial charge >= 0.3 is 5.97 Å². The van der Waals surface area contributed by atoms with Crippen LogP contribution in [0.25, 0.3) is 0 Å². The smallest absolute Gasteiger partial charge is 0.304 e. The van der Waals surface area contributed by atoms with Crippen LogP contribution in [-0.4, -0.2) is 32.6 Å². The summed E-state index contributed by atoms with van der Waals surface area (Å²) in [5.74, 6) is -0.0506. The SMILES string of the molecule is Cc1cncc([C@H](CC(=O)O)c2nc(CCCc3ccc4c(n3)NCCC4)cs2)c1. The fourth-order valence-corrected chi connectivity index (χ4v) is 4.83. The van der Waals surface area contributed by atoms with Crippen LogP contribution >= 0.6 is 11.3 Å². The zero-order valence-electron chi connectivity index (χ0n) is 17.1. The fraction of sp³-hybridized carbons (Fsp3) is 0.391. The number of aliphatic carboxylic acids is 1. The Balaban J connectivity index is 1.40. The third kappa shape index (κ3) is 5.02. The van der Waals surface area contributed by atoms with Crippen LogP contribution in [-0.2, 0) is 24.1 Å². The van der Waals surface area contributed by atoms with Crippen molar-refractivity contribution in [2.45, 2.75) is 51.4 Å². The van der Waals surface area contributed by atoms with E-state index in [2.05, 4.69) is 27.8 Å². The molecule has 1 atom stereocenters. The predicted molar refractivity (Wildman–Crippen MR) is 118 cm³/mol. The molecule has 156 valence electrons. The lowest BCUT2D eigenvalue weighted by Gasteiger charge is -2.17. The van der Waals surface area contributed by atoms with Gasteiger partial charge in [-0.2, -0.15) is 0 Å². The quantitative estimate of drug-likeness (QED) is 0.560. The van der Waals surface area contributed by atoms with Gasteiger partial charge in [0.05, 0.1) is 12.1 Å². The van der Waals surface area contributed by atoms with Crippen molar-refractivity contribution in [3.63, 3.8) is 0 Å². The van der Waals surface area contributed by atoms with Crippen LogP contribution in [0.2, 0.25) is 0 Å². The monoisotopic (exact) mass is 422 g/mol. The molecule has 2 N–H and O–H groups in total. The second-order valence-electron chi connectivity index (χ2n) is 7.82. The number of thiazole rings is 1. The number of carboxylic acids is 1. The lowest BCUT2D eigenvalue weighted by atomic mass is 9.97. The van der Waals surface area contributed by atoms with Gasteiger partial charge in [-0.3, -0.25) is 9.78 Å². The number of pyridine rings is 2. The Morgan fingerprint density at radius 2 is 2.10 bits per heavy atom. The Morgan fingerprint density at radius 3 is 2.93 bits per heavy atom. The number of nitrogens with one attached hydrogen (secondary N) is 1. The first-order valence-electron chi connectivity index (χ1n) is 10.4. The third-order valence-electron chi connectivity index (χ3n) is 5.36. The number of hydrogen-bond acceptors (Lipinski definition) is 6. The Hall–Kier alpha value is -2.80. The van der Waals surface area contributed by atoms with E-state index in [1.54, 1.807) is 12.4 Å². The third-order valence-corrected chi connectivity index (χ3v) is 6.37. The van der Waals surface area contributed by atoms with Gasteiger partial charge in [0, 0.05) is 35.9 Å². The second-order valence-corrected chi connectivity index (χ2v) is 8.71. The molecule has 0 aliphatic carbocycles. The highest BCUT2D eigenvalue weighted by Crippen LogP contribution is 2.31. The van der Waals surface area contributed by atoms with Crippen molar-refractivity contribution < 1.29 is 9.90 Å². The Kier molecular flexibility index (Phi) is 6.38. The van der Waals surface area contributed by atoms with Gasteiger partial charge in [-0.25, -0.2) is 9.97 Å². The molecule has 4 heterocycles. The Bertz CT molecular complexity index is 1030. The van der Waals surface area contributed by atoms with Crippen molar-refractivity contribution in [1.82, 2.24) is 15.0 Å². The fourth-order valence-electron chi connectivity index (χ4n) is 3.85. The summed E-state index contributed by atoms with van der Waals surface area (Å²) >= 11 is 1.54. The maximum atomic E-state index is 11.4. The lowest BCUT2D eigenvalue weighted by molar-refractivity contribution is -0.137. The summed E-state index contributed by atoms with van der Waals surface area (Å²) in [6.07, 6.45) is 8.54. The number of aromatic nitrogens is 3. The van der Waals surface area contributed by atoms with Crippen LogP contribution in [0.4, 0.5) is 5.82 Å². The lowest BCUT2D eigenvalue weighted by Crippen LogP contribution is -2.14. The number of fused-ring (bicyclic) bond motifs is 1. The summed E-state index contributed by atoms with van der Waals surface area (Å²) in [5, 5.41) is 15.7. The van der Waals surface area contributed by atoms with Crippen LogP contribution in [0.5, 0.6) is 0 Å². The topological polar surface area (TPSA) is 88.0 Å². The summed E-state index contributed by atoms with van der Waals surface area (Å²) in [7, 11) is 0. The van der Waals surface area contributed by atoms with Crippen LogP contribution in [0, 0.1) is 6.92 Å². The molecular weight excluding hydrogens is 396 g/mol. The second kappa shape index (κ2) is 9.34. The van der Waals surface area contributed by atoms with E-state index in [0.717, 1.165) is 65.6 Å². The summed E-state index contributed by atoms with van der Waals surface area (Å²) in [6.45, 7) is 2.96. The molecule has 6 nitrogen and oxygen atoms in total. The molecule has 30 heavy (non-hydrogen) atoms. The van der Waals surface area contributed by atoms with Crippen molar-refractivity contribution in [1.29, 1.82) is 0 Å². The number of hydrogen-bond donors (Lipinski definition) is 2. The van der Waals surface area contributed by atoms with Gasteiger partial charge in [-0.05, 0) is 61.8 Å². The van der Waals surface area contributed by atoms with E-state index in [9.17, 15) is 9.90 Å². The van der Waals surface area contributed by atoms with Crippen molar-refractivity contribution >= 4 is 23.1 Å². The van der Waals surface area contributed by atoms with Crippen LogP contribution < -0.4 is 5.32 Å². The molecule has 0 spiro atoms. The van der Waals surface area contributed by atoms with Gasteiger partial charge < -0.3 is 10.4 Å². The van der Waals surface area contributed by atoms with E-state index in [1.165, 1.54) is 23.3 Å². The van der Waals surface area contributed by atoms with Gasteiger partial charge in [-0.1, -0.05) is 12.1 Å². The van der Waals surface area contributed by atoms with E-state index in [0.29, 0.717) is 0 Å². The summed E-state index contributed by atoms with van der Waals surface area (Å²) in [6, 6.07) is 6.32. The largest absolute Gasteiger partial charge is 0.481 e. The predicted octanol–water partition coefficient (Wildman–Crippen LogP) is 4.38. The Morgan fingerprint density at radius 1 is 1.23 bits per heavy atom. The number of carbonyl (C=O) groups is 1. The molecule has 7 heteroatoms. The highest BCUT2D eigenvalue weighted by atomic mass is 32.1. The molecule has 0 saturated carbocycles. The number of nitrogens with zero attached hydrogens (tertiary/aromatic N) is 3. The van der Waals surface area contributed by atoms with Crippen LogP contribution in [0.1, 0.15) is 58.3 Å². The zero-order valence-corrected chi connectivity index (χ0v) is 17.9. The van der Waals surface area contributed by atoms with Crippen molar-refractivity contribution in [2.75, 3.05) is 11.9 Å². The van der Waals surface area contributed by atoms with E-state index >= 15 is 0 Å². The first kappa shape index (κ1) is 20.5. The first-order chi connectivity index (χ1) is 14.6. The van der Waals surface area contributed by atoms with E-state index in [4.69, 9.17) is 9.97 Å². The molecule has 1 aliphatic heterocycles. The minimum absolute atomic E-state index is 0.0180. The van der Waals surface area contributed by atoms with E-state index in [-0.39, 0.29) is 12.3 Å². The minimum atomic E-state index is -0.828. The molecule has 1 aliphatic rings. The summed E-state index contributed by atoms with van der Waals surface area (Å²) < 4.78 is 0. The molecule has 0 saturated heterocycles. The molecule has 0 bridgehead atoms. The van der Waals surface area contributed by atoms with Gasteiger partial charge in [0.25, 0.3) is 0 Å². The van der Waals surface area contributed by atoms with Gasteiger partial charge in [0.1, 0.15) is 10.8 Å². The number of aryl methyl sites for hydroxylation is 4. The molecule has 4 rings (SSSR count). The van der Waals surface area contributed by atoms with Gasteiger partial charge in [0.15, 0.2) is 0 Å². The summed E-state index contributed by atoms with van der Waals surface area (Å²) in [5.41, 5.74) is 5.36. The van der Waals surface area contributed by atoms with Gasteiger partial charge in [-0.15, -0.1) is 11.3 Å². The number of anilines is 1. The molecule has 3 aromatic heterocycles. The Labute approximate surface area is 180 Å². The number of carboxylic acid groups (broad SMARTS) is 1. The highest BCUT2D eigenvalue weighted by Gasteiger charge is 2.22.